The summed E-state index contributed by atoms with van der Waals surface area (Å²) in [5, 5.41) is 9.85. The fraction of sp³-hybridized carbons (Fsp3) is 0.0556. The van der Waals surface area contributed by atoms with E-state index in [-0.39, 0.29) is 28.4 Å². The van der Waals surface area contributed by atoms with Crippen LogP contribution >= 0.6 is 0 Å². The zero-order chi connectivity index (χ0) is 20.6. The van der Waals surface area contributed by atoms with Crippen molar-refractivity contribution in [1.82, 2.24) is 24.6 Å². The SMILES string of the molecule is O=C(Nc1cccnn1)c1nccn2cc(-c3ccc(F)cc3C(F)(F)F)nc12. The van der Waals surface area contributed by atoms with Crippen LogP contribution in [-0.2, 0) is 6.18 Å². The number of hydrogen-bond acceptors (Lipinski definition) is 5. The first-order valence-electron chi connectivity index (χ1n) is 8.13. The highest BCUT2D eigenvalue weighted by Crippen LogP contribution is 2.37. The van der Waals surface area contributed by atoms with Gasteiger partial charge in [-0.25, -0.2) is 14.4 Å². The minimum absolute atomic E-state index is 0.0290. The lowest BCUT2D eigenvalue weighted by Gasteiger charge is -2.11. The molecular formula is C18H10F4N6O. The van der Waals surface area contributed by atoms with Gasteiger partial charge in [-0.1, -0.05) is 0 Å². The number of carbonyl (C=O) groups excluding carboxylic acids is 1. The maximum Gasteiger partial charge on any atom is 0.417 e. The molecule has 3 aromatic heterocycles. The summed E-state index contributed by atoms with van der Waals surface area (Å²) in [6.07, 6.45) is 0.688. The van der Waals surface area contributed by atoms with Crippen LogP contribution in [0, 0.1) is 5.82 Å². The molecule has 0 spiro atoms. The van der Waals surface area contributed by atoms with Crippen LogP contribution < -0.4 is 5.32 Å². The molecule has 0 atom stereocenters. The lowest BCUT2D eigenvalue weighted by molar-refractivity contribution is -0.137. The van der Waals surface area contributed by atoms with E-state index < -0.39 is 23.5 Å². The van der Waals surface area contributed by atoms with E-state index in [9.17, 15) is 22.4 Å². The van der Waals surface area contributed by atoms with E-state index in [1.54, 1.807) is 6.07 Å². The number of imidazole rings is 1. The van der Waals surface area contributed by atoms with Crippen molar-refractivity contribution in [3.63, 3.8) is 0 Å². The number of hydrogen-bond donors (Lipinski definition) is 1. The summed E-state index contributed by atoms with van der Waals surface area (Å²) in [5.41, 5.74) is -1.66. The number of nitrogens with one attached hydrogen (secondary N) is 1. The lowest BCUT2D eigenvalue weighted by atomic mass is 10.0. The lowest BCUT2D eigenvalue weighted by Crippen LogP contribution is -2.16. The van der Waals surface area contributed by atoms with Crippen molar-refractivity contribution in [3.05, 3.63) is 72.2 Å². The summed E-state index contributed by atoms with van der Waals surface area (Å²) < 4.78 is 54.7. The number of aromatic nitrogens is 5. The number of anilines is 1. The Balaban J connectivity index is 1.79. The van der Waals surface area contributed by atoms with Crippen LogP contribution in [0.15, 0.2) is 55.1 Å². The molecular weight excluding hydrogens is 392 g/mol. The molecule has 1 N–H and O–H groups in total. The van der Waals surface area contributed by atoms with Gasteiger partial charge >= 0.3 is 6.18 Å². The van der Waals surface area contributed by atoms with E-state index in [1.807, 2.05) is 0 Å². The minimum Gasteiger partial charge on any atom is -0.304 e. The number of amides is 1. The first-order valence-corrected chi connectivity index (χ1v) is 8.13. The first-order chi connectivity index (χ1) is 13.8. The van der Waals surface area contributed by atoms with E-state index in [0.29, 0.717) is 6.07 Å². The molecule has 29 heavy (non-hydrogen) atoms. The number of halogens is 4. The maximum absolute atomic E-state index is 13.4. The van der Waals surface area contributed by atoms with Crippen LogP contribution in [0.25, 0.3) is 16.9 Å². The van der Waals surface area contributed by atoms with Crippen LogP contribution in [-0.4, -0.2) is 30.5 Å². The van der Waals surface area contributed by atoms with Crippen LogP contribution in [0.3, 0.4) is 0 Å². The van der Waals surface area contributed by atoms with Gasteiger partial charge in [0.2, 0.25) is 0 Å². The van der Waals surface area contributed by atoms with E-state index >= 15 is 0 Å². The molecule has 0 saturated carbocycles. The predicted octanol–water partition coefficient (Wildman–Crippen LogP) is 3.60. The first kappa shape index (κ1) is 18.5. The summed E-state index contributed by atoms with van der Waals surface area (Å²) >= 11 is 0. The van der Waals surface area contributed by atoms with Gasteiger partial charge in [0.1, 0.15) is 5.82 Å². The summed E-state index contributed by atoms with van der Waals surface area (Å²) in [6.45, 7) is 0. The third-order valence-electron chi connectivity index (χ3n) is 3.97. The predicted molar refractivity (Wildman–Crippen MR) is 93.4 cm³/mol. The molecule has 0 radical (unpaired) electrons. The summed E-state index contributed by atoms with van der Waals surface area (Å²) in [4.78, 5) is 20.6. The summed E-state index contributed by atoms with van der Waals surface area (Å²) in [7, 11) is 0. The van der Waals surface area contributed by atoms with E-state index in [1.165, 1.54) is 35.3 Å². The van der Waals surface area contributed by atoms with Crippen LogP contribution in [0.5, 0.6) is 0 Å². The van der Waals surface area contributed by atoms with Gasteiger partial charge < -0.3 is 9.72 Å². The van der Waals surface area contributed by atoms with Gasteiger partial charge in [0.15, 0.2) is 17.2 Å². The number of nitrogens with zero attached hydrogens (tertiary/aromatic N) is 5. The Hall–Kier alpha value is -3.89. The molecule has 0 aliphatic rings. The fourth-order valence-corrected chi connectivity index (χ4v) is 2.73. The second-order valence-electron chi connectivity index (χ2n) is 5.88. The van der Waals surface area contributed by atoms with E-state index in [0.717, 1.165) is 12.1 Å². The minimum atomic E-state index is -4.78. The highest BCUT2D eigenvalue weighted by atomic mass is 19.4. The molecule has 1 aromatic carbocycles. The van der Waals surface area contributed by atoms with Crippen LogP contribution in [0.1, 0.15) is 16.1 Å². The topological polar surface area (TPSA) is 85.1 Å². The van der Waals surface area contributed by atoms with Crippen molar-refractivity contribution < 1.29 is 22.4 Å². The Kier molecular flexibility index (Phi) is 4.41. The van der Waals surface area contributed by atoms with Crippen molar-refractivity contribution >= 4 is 17.4 Å². The van der Waals surface area contributed by atoms with Crippen molar-refractivity contribution in [2.45, 2.75) is 6.18 Å². The second-order valence-corrected chi connectivity index (χ2v) is 5.88. The number of fused-ring (bicyclic) bond motifs is 1. The molecule has 0 bridgehead atoms. The monoisotopic (exact) mass is 402 g/mol. The number of alkyl halides is 3. The quantitative estimate of drug-likeness (QED) is 0.530. The molecule has 146 valence electrons. The zero-order valence-electron chi connectivity index (χ0n) is 14.4. The smallest absolute Gasteiger partial charge is 0.304 e. The van der Waals surface area contributed by atoms with E-state index in [4.69, 9.17) is 0 Å². The third kappa shape index (κ3) is 3.61. The van der Waals surface area contributed by atoms with E-state index in [2.05, 4.69) is 25.5 Å². The fourth-order valence-electron chi connectivity index (χ4n) is 2.73. The number of rotatable bonds is 3. The molecule has 7 nitrogen and oxygen atoms in total. The Morgan fingerprint density at radius 1 is 1.14 bits per heavy atom. The Labute approximate surface area is 160 Å². The van der Waals surface area contributed by atoms with Gasteiger partial charge in [0.25, 0.3) is 5.91 Å². The van der Waals surface area contributed by atoms with Crippen molar-refractivity contribution in [1.29, 1.82) is 0 Å². The van der Waals surface area contributed by atoms with Crippen LogP contribution in [0.2, 0.25) is 0 Å². The molecule has 0 saturated heterocycles. The molecule has 4 rings (SSSR count). The van der Waals surface area contributed by atoms with Gasteiger partial charge in [0, 0.05) is 30.4 Å². The molecule has 0 unspecified atom stereocenters. The van der Waals surface area contributed by atoms with Crippen LogP contribution in [0.4, 0.5) is 23.4 Å². The highest BCUT2D eigenvalue weighted by Gasteiger charge is 2.35. The number of carbonyl (C=O) groups is 1. The van der Waals surface area contributed by atoms with Gasteiger partial charge in [-0.15, -0.1) is 5.10 Å². The van der Waals surface area contributed by atoms with Crippen molar-refractivity contribution in [2.24, 2.45) is 0 Å². The summed E-state index contributed by atoms with van der Waals surface area (Å²) in [6, 6.07) is 5.38. The second kappa shape index (κ2) is 6.93. The maximum atomic E-state index is 13.4. The van der Waals surface area contributed by atoms with Gasteiger partial charge in [-0.2, -0.15) is 18.3 Å². The highest BCUT2D eigenvalue weighted by molar-refractivity contribution is 6.06. The largest absolute Gasteiger partial charge is 0.417 e. The normalized spacial score (nSPS) is 11.6. The third-order valence-corrected chi connectivity index (χ3v) is 3.97. The molecule has 4 aromatic rings. The molecule has 1 amide bonds. The van der Waals surface area contributed by atoms with Gasteiger partial charge in [-0.05, 0) is 30.3 Å². The Bertz CT molecular complexity index is 1210. The molecule has 11 heteroatoms. The van der Waals surface area contributed by atoms with Crippen molar-refractivity contribution in [3.8, 4) is 11.3 Å². The Morgan fingerprint density at radius 2 is 1.97 bits per heavy atom. The van der Waals surface area contributed by atoms with Crippen molar-refractivity contribution in [2.75, 3.05) is 5.32 Å². The molecule has 3 heterocycles. The molecule has 0 fully saturated rings. The Morgan fingerprint density at radius 3 is 2.69 bits per heavy atom. The van der Waals surface area contributed by atoms with Gasteiger partial charge in [0.05, 0.1) is 11.3 Å². The molecule has 0 aliphatic carbocycles. The average Bonchev–Trinajstić information content (AvgIpc) is 3.12. The summed E-state index contributed by atoms with van der Waals surface area (Å²) in [5.74, 6) is -1.51. The van der Waals surface area contributed by atoms with Gasteiger partial charge in [-0.3, -0.25) is 4.79 Å². The standard InChI is InChI=1S/C18H10F4N6O/c19-10-3-4-11(12(8-10)18(20,21)22)13-9-28-7-6-23-15(16(28)25-13)17(29)26-14-2-1-5-24-27-14/h1-9H,(H,26,27,29). The zero-order valence-corrected chi connectivity index (χ0v) is 14.4. The molecule has 0 aliphatic heterocycles. The average molecular weight is 402 g/mol. The number of benzene rings is 1.